The molecule has 0 spiro atoms. The van der Waals surface area contributed by atoms with Gasteiger partial charge in [0, 0.05) is 12.1 Å². The molecular formula is C15H20BrNO4. The molecule has 5 nitrogen and oxygen atoms in total. The number of likely N-dealkylation sites (tertiary alicyclic amines) is 1. The quantitative estimate of drug-likeness (QED) is 0.877. The summed E-state index contributed by atoms with van der Waals surface area (Å²) in [7, 11) is 3.22. The van der Waals surface area contributed by atoms with Crippen molar-refractivity contribution < 1.29 is 19.4 Å². The molecule has 1 fully saturated rings. The van der Waals surface area contributed by atoms with Gasteiger partial charge in [-0.15, -0.1) is 0 Å². The Bertz CT molecular complexity index is 535. The van der Waals surface area contributed by atoms with Crippen LogP contribution in [0.15, 0.2) is 16.6 Å². The number of halogens is 1. The Balaban J connectivity index is 2.28. The average molecular weight is 358 g/mol. The predicted molar refractivity (Wildman–Crippen MR) is 82.9 cm³/mol. The van der Waals surface area contributed by atoms with E-state index in [1.165, 1.54) is 0 Å². The molecular weight excluding hydrogens is 338 g/mol. The minimum Gasteiger partial charge on any atom is -0.496 e. The largest absolute Gasteiger partial charge is 0.496 e. The van der Waals surface area contributed by atoms with E-state index < -0.39 is 12.0 Å². The summed E-state index contributed by atoms with van der Waals surface area (Å²) in [6, 6.07) is 3.30. The normalized spacial score (nSPS) is 22.3. The number of methoxy groups -OCH3 is 2. The lowest BCUT2D eigenvalue weighted by molar-refractivity contribution is -0.143. The number of carbonyl (C=O) groups is 1. The fourth-order valence-electron chi connectivity index (χ4n) is 2.87. The summed E-state index contributed by atoms with van der Waals surface area (Å²) >= 11 is 3.43. The molecule has 116 valence electrons. The van der Waals surface area contributed by atoms with Crippen molar-refractivity contribution in [2.75, 3.05) is 20.8 Å². The van der Waals surface area contributed by atoms with Crippen LogP contribution in [0.25, 0.3) is 0 Å². The number of carboxylic acids is 1. The van der Waals surface area contributed by atoms with Crippen molar-refractivity contribution in [3.8, 4) is 11.5 Å². The van der Waals surface area contributed by atoms with Gasteiger partial charge in [0.2, 0.25) is 0 Å². The van der Waals surface area contributed by atoms with Crippen LogP contribution in [0.5, 0.6) is 11.5 Å². The van der Waals surface area contributed by atoms with Gasteiger partial charge in [-0.25, -0.2) is 0 Å². The highest BCUT2D eigenvalue weighted by atomic mass is 79.9. The van der Waals surface area contributed by atoms with Crippen molar-refractivity contribution in [1.82, 2.24) is 4.90 Å². The first-order valence-electron chi connectivity index (χ1n) is 6.85. The fraction of sp³-hybridized carbons (Fsp3) is 0.533. The summed E-state index contributed by atoms with van der Waals surface area (Å²) in [5.41, 5.74) is 0.929. The molecule has 0 saturated carbocycles. The van der Waals surface area contributed by atoms with Gasteiger partial charge >= 0.3 is 5.97 Å². The smallest absolute Gasteiger partial charge is 0.321 e. The lowest BCUT2D eigenvalue weighted by atomic mass is 10.0. The first kappa shape index (κ1) is 16.1. The van der Waals surface area contributed by atoms with Crippen LogP contribution in [-0.4, -0.2) is 42.8 Å². The Morgan fingerprint density at radius 3 is 2.62 bits per heavy atom. The number of hydrogen-bond donors (Lipinski definition) is 1. The first-order chi connectivity index (χ1) is 9.97. The Morgan fingerprint density at radius 1 is 1.38 bits per heavy atom. The van der Waals surface area contributed by atoms with Crippen LogP contribution in [0.4, 0.5) is 0 Å². The molecule has 0 amide bonds. The van der Waals surface area contributed by atoms with Crippen LogP contribution < -0.4 is 9.47 Å². The highest BCUT2D eigenvalue weighted by Crippen LogP contribution is 2.35. The summed E-state index contributed by atoms with van der Waals surface area (Å²) in [6.45, 7) is 3.30. The van der Waals surface area contributed by atoms with Gasteiger partial charge in [-0.1, -0.05) is 6.92 Å². The highest BCUT2D eigenvalue weighted by Gasteiger charge is 2.36. The summed E-state index contributed by atoms with van der Waals surface area (Å²) in [5, 5.41) is 9.40. The topological polar surface area (TPSA) is 59.0 Å². The molecule has 1 aliphatic heterocycles. The maximum atomic E-state index is 11.4. The second-order valence-electron chi connectivity index (χ2n) is 5.32. The van der Waals surface area contributed by atoms with E-state index in [1.807, 2.05) is 24.0 Å². The van der Waals surface area contributed by atoms with Gasteiger partial charge < -0.3 is 14.6 Å². The molecule has 2 atom stereocenters. The molecule has 21 heavy (non-hydrogen) atoms. The van der Waals surface area contributed by atoms with E-state index in [0.29, 0.717) is 12.3 Å². The van der Waals surface area contributed by atoms with Crippen LogP contribution in [0.2, 0.25) is 0 Å². The average Bonchev–Trinajstić information content (AvgIpc) is 2.81. The van der Waals surface area contributed by atoms with Gasteiger partial charge in [0.05, 0.1) is 18.7 Å². The molecule has 0 aliphatic carbocycles. The third-order valence-corrected chi connectivity index (χ3v) is 4.61. The zero-order valence-corrected chi connectivity index (χ0v) is 14.0. The highest BCUT2D eigenvalue weighted by molar-refractivity contribution is 9.10. The number of nitrogens with zero attached hydrogens (tertiary/aromatic N) is 1. The molecule has 0 bridgehead atoms. The van der Waals surface area contributed by atoms with Crippen molar-refractivity contribution in [3.05, 3.63) is 22.2 Å². The summed E-state index contributed by atoms with van der Waals surface area (Å²) in [5.74, 6) is 0.838. The third kappa shape index (κ3) is 3.32. The Hall–Kier alpha value is -1.27. The summed E-state index contributed by atoms with van der Waals surface area (Å²) in [6.07, 6.45) is 0.896. The van der Waals surface area contributed by atoms with E-state index in [1.54, 1.807) is 14.2 Å². The van der Waals surface area contributed by atoms with E-state index in [-0.39, 0.29) is 5.92 Å². The van der Waals surface area contributed by atoms with Gasteiger partial charge in [0.25, 0.3) is 0 Å². The summed E-state index contributed by atoms with van der Waals surface area (Å²) < 4.78 is 11.5. The van der Waals surface area contributed by atoms with E-state index in [9.17, 15) is 9.90 Å². The molecule has 2 unspecified atom stereocenters. The lowest BCUT2D eigenvalue weighted by Gasteiger charge is -2.24. The molecule has 1 N–H and O–H groups in total. The van der Waals surface area contributed by atoms with Gasteiger partial charge in [-0.3, -0.25) is 9.69 Å². The minimum absolute atomic E-state index is 0.158. The standard InChI is InChI=1S/C15H20BrNO4/c1-9-4-5-17(14(9)15(18)19)8-10-6-13(21-3)11(16)7-12(10)20-2/h6-7,9,14H,4-5,8H2,1-3H3,(H,18,19). The number of rotatable bonds is 5. The van der Waals surface area contributed by atoms with Crippen LogP contribution in [0.3, 0.4) is 0 Å². The Kier molecular flexibility index (Phi) is 5.11. The van der Waals surface area contributed by atoms with Crippen molar-refractivity contribution in [2.45, 2.75) is 25.9 Å². The van der Waals surface area contributed by atoms with E-state index in [0.717, 1.165) is 28.8 Å². The first-order valence-corrected chi connectivity index (χ1v) is 7.64. The molecule has 1 saturated heterocycles. The maximum Gasteiger partial charge on any atom is 0.321 e. The fourth-order valence-corrected chi connectivity index (χ4v) is 3.35. The SMILES string of the molecule is COc1cc(CN2CCC(C)C2C(=O)O)c(OC)cc1Br. The van der Waals surface area contributed by atoms with Crippen LogP contribution >= 0.6 is 15.9 Å². The van der Waals surface area contributed by atoms with E-state index in [2.05, 4.69) is 15.9 Å². The zero-order chi connectivity index (χ0) is 15.6. The maximum absolute atomic E-state index is 11.4. The predicted octanol–water partition coefficient (Wildman–Crippen LogP) is 2.76. The van der Waals surface area contributed by atoms with Crippen molar-refractivity contribution >= 4 is 21.9 Å². The number of aliphatic carboxylic acids is 1. The molecule has 6 heteroatoms. The molecule has 1 aromatic rings. The van der Waals surface area contributed by atoms with Gasteiger partial charge in [-0.05, 0) is 46.9 Å². The monoisotopic (exact) mass is 357 g/mol. The van der Waals surface area contributed by atoms with Crippen LogP contribution in [-0.2, 0) is 11.3 Å². The van der Waals surface area contributed by atoms with Crippen LogP contribution in [0, 0.1) is 5.92 Å². The molecule has 1 aromatic carbocycles. The van der Waals surface area contributed by atoms with E-state index in [4.69, 9.17) is 9.47 Å². The van der Waals surface area contributed by atoms with Crippen molar-refractivity contribution in [3.63, 3.8) is 0 Å². The minimum atomic E-state index is -0.761. The number of hydrogen-bond acceptors (Lipinski definition) is 4. The van der Waals surface area contributed by atoms with Crippen LogP contribution in [0.1, 0.15) is 18.9 Å². The molecule has 0 aromatic heterocycles. The zero-order valence-electron chi connectivity index (χ0n) is 12.4. The molecule has 2 rings (SSSR count). The number of benzene rings is 1. The Morgan fingerprint density at radius 2 is 2.05 bits per heavy atom. The number of carboxylic acid groups (broad SMARTS) is 1. The third-order valence-electron chi connectivity index (χ3n) is 3.99. The second-order valence-corrected chi connectivity index (χ2v) is 6.17. The number of ether oxygens (including phenoxy) is 2. The lowest BCUT2D eigenvalue weighted by Crippen LogP contribution is -2.38. The van der Waals surface area contributed by atoms with E-state index >= 15 is 0 Å². The Labute approximate surface area is 133 Å². The van der Waals surface area contributed by atoms with Gasteiger partial charge in [0.15, 0.2) is 0 Å². The van der Waals surface area contributed by atoms with Crippen molar-refractivity contribution in [2.24, 2.45) is 5.92 Å². The molecule has 1 aliphatic rings. The second kappa shape index (κ2) is 6.66. The van der Waals surface area contributed by atoms with Gasteiger partial charge in [-0.2, -0.15) is 0 Å². The van der Waals surface area contributed by atoms with Crippen molar-refractivity contribution in [1.29, 1.82) is 0 Å². The van der Waals surface area contributed by atoms with Gasteiger partial charge in [0.1, 0.15) is 17.5 Å². The summed E-state index contributed by atoms with van der Waals surface area (Å²) in [4.78, 5) is 13.4. The molecule has 1 heterocycles. The molecule has 0 radical (unpaired) electrons.